The van der Waals surface area contributed by atoms with Gasteiger partial charge in [-0.05, 0) is 42.4 Å². The van der Waals surface area contributed by atoms with Crippen LogP contribution in [0.3, 0.4) is 0 Å². The van der Waals surface area contributed by atoms with Crippen molar-refractivity contribution in [3.63, 3.8) is 0 Å². The quantitative estimate of drug-likeness (QED) is 0.745. The molecule has 0 aromatic heterocycles. The van der Waals surface area contributed by atoms with Crippen LogP contribution in [0.25, 0.3) is 0 Å². The van der Waals surface area contributed by atoms with Crippen LogP contribution in [0.15, 0.2) is 54.6 Å². The van der Waals surface area contributed by atoms with Gasteiger partial charge in [-0.2, -0.15) is 0 Å². The van der Waals surface area contributed by atoms with Gasteiger partial charge in [0, 0.05) is 17.0 Å². The van der Waals surface area contributed by atoms with E-state index in [0.29, 0.717) is 6.42 Å². The van der Waals surface area contributed by atoms with E-state index < -0.39 is 16.9 Å². The molecule has 0 bridgehead atoms. The minimum atomic E-state index is -0.896. The highest BCUT2D eigenvalue weighted by molar-refractivity contribution is 6.00. The zero-order valence-corrected chi connectivity index (χ0v) is 16.0. The molecule has 28 heavy (non-hydrogen) atoms. The van der Waals surface area contributed by atoms with Crippen LogP contribution in [-0.2, 0) is 4.79 Å². The van der Waals surface area contributed by atoms with E-state index in [-0.39, 0.29) is 24.3 Å². The van der Waals surface area contributed by atoms with Gasteiger partial charge in [0.25, 0.3) is 0 Å². The van der Waals surface area contributed by atoms with Crippen molar-refractivity contribution in [1.29, 1.82) is 0 Å². The smallest absolute Gasteiger partial charge is 0.233 e. The number of anilines is 1. The van der Waals surface area contributed by atoms with Gasteiger partial charge in [0.2, 0.25) is 5.91 Å². The number of nitrogens with one attached hydrogen (secondary N) is 1. The number of benzene rings is 2. The lowest BCUT2D eigenvalue weighted by Gasteiger charge is -2.51. The Hall–Kier alpha value is -2.17. The van der Waals surface area contributed by atoms with Crippen LogP contribution in [0.4, 0.5) is 5.69 Å². The monoisotopic (exact) mass is 377 g/mol. The zero-order valence-electron chi connectivity index (χ0n) is 16.0. The number of carbonyl (C=O) groups is 1. The summed E-state index contributed by atoms with van der Waals surface area (Å²) in [7, 11) is 0. The molecule has 0 unspecified atom stereocenters. The summed E-state index contributed by atoms with van der Waals surface area (Å²) in [6.45, 7) is -0.199. The number of carbonyl (C=O) groups excluding carboxylic acids is 1. The van der Waals surface area contributed by atoms with Crippen molar-refractivity contribution in [3.05, 3.63) is 65.7 Å². The molecule has 1 spiro atoms. The summed E-state index contributed by atoms with van der Waals surface area (Å²) >= 11 is 0. The molecule has 2 fully saturated rings. The molecular weight excluding hydrogens is 350 g/mol. The van der Waals surface area contributed by atoms with E-state index in [1.54, 1.807) is 0 Å². The molecule has 5 rings (SSSR count). The first-order chi connectivity index (χ1) is 13.6. The Balaban J connectivity index is 1.78. The average molecular weight is 377 g/mol. The highest BCUT2D eigenvalue weighted by Crippen LogP contribution is 2.71. The third-order valence-corrected chi connectivity index (χ3v) is 7.72. The number of aliphatic hydroxyl groups is 2. The van der Waals surface area contributed by atoms with Crippen molar-refractivity contribution < 1.29 is 15.0 Å². The SMILES string of the molecule is O=C1Nc2ccccc2[C@H]2[C@]1(CO)C[C@H](c1ccccc1)[C@@]21CCCC[C@@H]1O. The minimum Gasteiger partial charge on any atom is -0.395 e. The highest BCUT2D eigenvalue weighted by atomic mass is 16.3. The largest absolute Gasteiger partial charge is 0.395 e. The first-order valence-electron chi connectivity index (χ1n) is 10.4. The van der Waals surface area contributed by atoms with Gasteiger partial charge in [-0.1, -0.05) is 61.4 Å². The third kappa shape index (κ3) is 2.22. The van der Waals surface area contributed by atoms with Crippen molar-refractivity contribution in [2.24, 2.45) is 10.8 Å². The number of amides is 1. The predicted octanol–water partition coefficient (Wildman–Crippen LogP) is 3.81. The standard InChI is InChI=1S/C24H27NO3/c26-15-23-14-18(16-8-2-1-3-9-16)24(13-7-6-12-20(24)27)21(23)17-10-4-5-11-19(17)25-22(23)28/h1-5,8-11,18,20-21,26-27H,6-7,12-15H2,(H,25,28)/t18-,20+,21+,23-,24-/m1/s1. The number of hydrogen-bond acceptors (Lipinski definition) is 3. The molecule has 3 N–H and O–H groups in total. The van der Waals surface area contributed by atoms with Crippen molar-refractivity contribution >= 4 is 11.6 Å². The lowest BCUT2D eigenvalue weighted by atomic mass is 9.55. The summed E-state index contributed by atoms with van der Waals surface area (Å²) in [6, 6.07) is 18.2. The molecule has 2 saturated carbocycles. The first-order valence-corrected chi connectivity index (χ1v) is 10.4. The van der Waals surface area contributed by atoms with E-state index in [9.17, 15) is 15.0 Å². The van der Waals surface area contributed by atoms with Gasteiger partial charge in [-0.15, -0.1) is 0 Å². The summed E-state index contributed by atoms with van der Waals surface area (Å²) in [4.78, 5) is 13.3. The number of para-hydroxylation sites is 1. The maximum atomic E-state index is 13.3. The summed E-state index contributed by atoms with van der Waals surface area (Å²) in [5, 5.41) is 25.1. The molecule has 1 heterocycles. The van der Waals surface area contributed by atoms with Gasteiger partial charge in [-0.3, -0.25) is 4.79 Å². The molecular formula is C24H27NO3. The second-order valence-corrected chi connectivity index (χ2v) is 8.83. The van der Waals surface area contributed by atoms with Crippen molar-refractivity contribution in [2.75, 3.05) is 11.9 Å². The fourth-order valence-electron chi connectivity index (χ4n) is 6.60. The number of aliphatic hydroxyl groups excluding tert-OH is 2. The van der Waals surface area contributed by atoms with Crippen molar-refractivity contribution in [3.8, 4) is 0 Å². The normalized spacial score (nSPS) is 36.6. The lowest BCUT2D eigenvalue weighted by molar-refractivity contribution is -0.132. The molecule has 2 aromatic carbocycles. The summed E-state index contributed by atoms with van der Waals surface area (Å²) in [6.07, 6.45) is 3.77. The molecule has 2 aromatic rings. The number of hydrogen-bond donors (Lipinski definition) is 3. The van der Waals surface area contributed by atoms with E-state index in [4.69, 9.17) is 0 Å². The second kappa shape index (κ2) is 6.43. The summed E-state index contributed by atoms with van der Waals surface area (Å²) in [5.41, 5.74) is 1.72. The van der Waals surface area contributed by atoms with Gasteiger partial charge in [0.15, 0.2) is 0 Å². The maximum absolute atomic E-state index is 13.3. The van der Waals surface area contributed by atoms with Crippen LogP contribution in [0.1, 0.15) is 55.1 Å². The minimum absolute atomic E-state index is 0.0399. The Labute approximate surface area is 165 Å². The molecule has 5 atom stereocenters. The van der Waals surface area contributed by atoms with Crippen molar-refractivity contribution in [1.82, 2.24) is 0 Å². The second-order valence-electron chi connectivity index (χ2n) is 8.83. The molecule has 1 amide bonds. The molecule has 1 aliphatic heterocycles. The van der Waals surface area contributed by atoms with Crippen LogP contribution in [0, 0.1) is 10.8 Å². The molecule has 2 aliphatic carbocycles. The molecule has 0 saturated heterocycles. The Morgan fingerprint density at radius 2 is 1.79 bits per heavy atom. The number of rotatable bonds is 2. The maximum Gasteiger partial charge on any atom is 0.233 e. The van der Waals surface area contributed by atoms with Gasteiger partial charge >= 0.3 is 0 Å². The van der Waals surface area contributed by atoms with E-state index in [0.717, 1.165) is 42.5 Å². The fraction of sp³-hybridized carbons (Fsp3) is 0.458. The van der Waals surface area contributed by atoms with Crippen LogP contribution < -0.4 is 5.32 Å². The Kier molecular flexibility index (Phi) is 4.11. The molecule has 0 radical (unpaired) electrons. The van der Waals surface area contributed by atoms with Gasteiger partial charge in [0.1, 0.15) is 0 Å². The van der Waals surface area contributed by atoms with Crippen LogP contribution in [0.2, 0.25) is 0 Å². The van der Waals surface area contributed by atoms with Gasteiger partial charge in [0.05, 0.1) is 18.1 Å². The Bertz CT molecular complexity index is 898. The van der Waals surface area contributed by atoms with E-state index in [1.807, 2.05) is 36.4 Å². The third-order valence-electron chi connectivity index (χ3n) is 7.72. The average Bonchev–Trinajstić information content (AvgIpc) is 3.04. The number of fused-ring (bicyclic) bond motifs is 4. The topological polar surface area (TPSA) is 69.6 Å². The zero-order chi connectivity index (χ0) is 19.4. The van der Waals surface area contributed by atoms with Gasteiger partial charge in [-0.25, -0.2) is 0 Å². The van der Waals surface area contributed by atoms with E-state index in [1.165, 1.54) is 0 Å². The fourth-order valence-corrected chi connectivity index (χ4v) is 6.60. The summed E-state index contributed by atoms with van der Waals surface area (Å²) in [5.74, 6) is -0.247. The Morgan fingerprint density at radius 3 is 2.54 bits per heavy atom. The predicted molar refractivity (Wildman–Crippen MR) is 108 cm³/mol. The Morgan fingerprint density at radius 1 is 1.04 bits per heavy atom. The van der Waals surface area contributed by atoms with Crippen molar-refractivity contribution in [2.45, 2.75) is 50.0 Å². The summed E-state index contributed by atoms with van der Waals surface area (Å²) < 4.78 is 0. The highest BCUT2D eigenvalue weighted by Gasteiger charge is 2.69. The van der Waals surface area contributed by atoms with E-state index >= 15 is 0 Å². The van der Waals surface area contributed by atoms with Gasteiger partial charge < -0.3 is 15.5 Å². The molecule has 4 heteroatoms. The molecule has 146 valence electrons. The molecule has 4 nitrogen and oxygen atoms in total. The van der Waals surface area contributed by atoms with Crippen LogP contribution in [0.5, 0.6) is 0 Å². The lowest BCUT2D eigenvalue weighted by Crippen LogP contribution is -2.52. The first kappa shape index (κ1) is 17.9. The van der Waals surface area contributed by atoms with Crippen LogP contribution in [-0.4, -0.2) is 28.8 Å². The van der Waals surface area contributed by atoms with Crippen LogP contribution >= 0.6 is 0 Å². The molecule has 3 aliphatic rings. The van der Waals surface area contributed by atoms with E-state index in [2.05, 4.69) is 23.5 Å².